The second-order valence-corrected chi connectivity index (χ2v) is 4.99. The maximum atomic E-state index is 3.51. The SMILES string of the molecule is c1c[nH]c(CCNCCCCN2CCNCC2)c1. The largest absolute Gasteiger partial charge is 0.365 e. The minimum Gasteiger partial charge on any atom is -0.365 e. The molecule has 0 bridgehead atoms. The molecule has 0 amide bonds. The molecule has 1 saturated heterocycles. The highest BCUT2D eigenvalue weighted by atomic mass is 15.2. The van der Waals surface area contributed by atoms with Crippen LogP contribution in [0.1, 0.15) is 18.5 Å². The highest BCUT2D eigenvalue weighted by molar-refractivity contribution is 5.03. The first-order chi connectivity index (χ1) is 8.95. The van der Waals surface area contributed by atoms with Crippen molar-refractivity contribution in [2.45, 2.75) is 19.3 Å². The van der Waals surface area contributed by atoms with Crippen LogP contribution in [0.4, 0.5) is 0 Å². The van der Waals surface area contributed by atoms with Crippen molar-refractivity contribution in [2.75, 3.05) is 45.8 Å². The Kier molecular flexibility index (Phi) is 6.26. The Bertz CT molecular complexity index is 291. The molecule has 0 radical (unpaired) electrons. The third-order valence-corrected chi connectivity index (χ3v) is 3.52. The van der Waals surface area contributed by atoms with Gasteiger partial charge in [0.15, 0.2) is 0 Å². The van der Waals surface area contributed by atoms with Crippen molar-refractivity contribution in [1.29, 1.82) is 0 Å². The molecule has 1 aliphatic heterocycles. The van der Waals surface area contributed by atoms with Crippen LogP contribution in [0, 0.1) is 0 Å². The Morgan fingerprint density at radius 1 is 1.17 bits per heavy atom. The molecule has 1 aromatic heterocycles. The zero-order valence-corrected chi connectivity index (χ0v) is 11.3. The Morgan fingerprint density at radius 2 is 2.06 bits per heavy atom. The highest BCUT2D eigenvalue weighted by Crippen LogP contribution is 1.97. The minimum atomic E-state index is 1.08. The van der Waals surface area contributed by atoms with Gasteiger partial charge in [0, 0.05) is 44.6 Å². The third kappa shape index (κ3) is 5.21. The van der Waals surface area contributed by atoms with Crippen LogP contribution in [0.25, 0.3) is 0 Å². The molecule has 1 aromatic rings. The maximum absolute atomic E-state index is 3.51. The predicted molar refractivity (Wildman–Crippen MR) is 75.9 cm³/mol. The zero-order chi connectivity index (χ0) is 12.5. The number of aromatic amines is 1. The zero-order valence-electron chi connectivity index (χ0n) is 11.3. The highest BCUT2D eigenvalue weighted by Gasteiger charge is 2.07. The first-order valence-corrected chi connectivity index (χ1v) is 7.21. The van der Waals surface area contributed by atoms with E-state index in [2.05, 4.69) is 32.7 Å². The van der Waals surface area contributed by atoms with Crippen molar-refractivity contribution in [3.8, 4) is 0 Å². The number of aromatic nitrogens is 1. The minimum absolute atomic E-state index is 1.08. The molecule has 0 aliphatic carbocycles. The summed E-state index contributed by atoms with van der Waals surface area (Å²) in [6.45, 7) is 8.25. The van der Waals surface area contributed by atoms with E-state index in [4.69, 9.17) is 0 Å². The fraction of sp³-hybridized carbons (Fsp3) is 0.714. The summed E-state index contributed by atoms with van der Waals surface area (Å²) < 4.78 is 0. The van der Waals surface area contributed by atoms with Crippen molar-refractivity contribution in [1.82, 2.24) is 20.5 Å². The average molecular weight is 250 g/mol. The quantitative estimate of drug-likeness (QED) is 0.599. The summed E-state index contributed by atoms with van der Waals surface area (Å²) in [5.41, 5.74) is 1.32. The molecule has 0 unspecified atom stereocenters. The summed E-state index contributed by atoms with van der Waals surface area (Å²) in [4.78, 5) is 5.79. The van der Waals surface area contributed by atoms with Crippen LogP contribution in [0.2, 0.25) is 0 Å². The summed E-state index contributed by atoms with van der Waals surface area (Å²) in [5.74, 6) is 0. The van der Waals surface area contributed by atoms with Crippen molar-refractivity contribution < 1.29 is 0 Å². The van der Waals surface area contributed by atoms with E-state index in [-0.39, 0.29) is 0 Å². The summed E-state index contributed by atoms with van der Waals surface area (Å²) >= 11 is 0. The molecule has 4 nitrogen and oxygen atoms in total. The lowest BCUT2D eigenvalue weighted by atomic mass is 10.2. The summed E-state index contributed by atoms with van der Waals surface area (Å²) in [7, 11) is 0. The van der Waals surface area contributed by atoms with E-state index < -0.39 is 0 Å². The Labute approximate surface area is 110 Å². The second kappa shape index (κ2) is 8.29. The second-order valence-electron chi connectivity index (χ2n) is 4.99. The number of rotatable bonds is 8. The van der Waals surface area contributed by atoms with Crippen LogP contribution in [0.5, 0.6) is 0 Å². The molecule has 3 N–H and O–H groups in total. The Balaban J connectivity index is 1.39. The van der Waals surface area contributed by atoms with E-state index in [0.29, 0.717) is 0 Å². The molecule has 0 aromatic carbocycles. The van der Waals surface area contributed by atoms with Gasteiger partial charge in [-0.05, 0) is 44.5 Å². The molecular formula is C14H26N4. The summed E-state index contributed by atoms with van der Waals surface area (Å²) in [6.07, 6.45) is 5.69. The molecule has 18 heavy (non-hydrogen) atoms. The van der Waals surface area contributed by atoms with Gasteiger partial charge in [-0.15, -0.1) is 0 Å². The lowest BCUT2D eigenvalue weighted by Crippen LogP contribution is -2.43. The Morgan fingerprint density at radius 3 is 2.83 bits per heavy atom. The number of piperazine rings is 1. The summed E-state index contributed by atoms with van der Waals surface area (Å²) in [6, 6.07) is 4.20. The van der Waals surface area contributed by atoms with Gasteiger partial charge in [-0.2, -0.15) is 0 Å². The molecule has 2 heterocycles. The van der Waals surface area contributed by atoms with Gasteiger partial charge in [0.2, 0.25) is 0 Å². The van der Waals surface area contributed by atoms with Crippen LogP contribution < -0.4 is 10.6 Å². The number of unbranched alkanes of at least 4 members (excludes halogenated alkanes) is 1. The van der Waals surface area contributed by atoms with E-state index in [1.54, 1.807) is 0 Å². The van der Waals surface area contributed by atoms with Crippen molar-refractivity contribution in [2.24, 2.45) is 0 Å². The van der Waals surface area contributed by atoms with Gasteiger partial charge in [0.05, 0.1) is 0 Å². The van der Waals surface area contributed by atoms with Crippen molar-refractivity contribution in [3.63, 3.8) is 0 Å². The molecule has 0 saturated carbocycles. The van der Waals surface area contributed by atoms with Gasteiger partial charge in [0.25, 0.3) is 0 Å². The number of nitrogens with one attached hydrogen (secondary N) is 3. The first kappa shape index (κ1) is 13.6. The number of hydrogen-bond donors (Lipinski definition) is 3. The summed E-state index contributed by atoms with van der Waals surface area (Å²) in [5, 5.41) is 6.90. The topological polar surface area (TPSA) is 43.1 Å². The van der Waals surface area contributed by atoms with E-state index >= 15 is 0 Å². The van der Waals surface area contributed by atoms with Gasteiger partial charge in [-0.25, -0.2) is 0 Å². The monoisotopic (exact) mass is 250 g/mol. The molecule has 102 valence electrons. The van der Waals surface area contributed by atoms with Gasteiger partial charge in [-0.1, -0.05) is 0 Å². The number of hydrogen-bond acceptors (Lipinski definition) is 3. The van der Waals surface area contributed by atoms with Crippen LogP contribution in [-0.4, -0.2) is 55.7 Å². The van der Waals surface area contributed by atoms with E-state index in [9.17, 15) is 0 Å². The van der Waals surface area contributed by atoms with Crippen LogP contribution in [-0.2, 0) is 6.42 Å². The van der Waals surface area contributed by atoms with Crippen molar-refractivity contribution >= 4 is 0 Å². The molecule has 1 fully saturated rings. The fourth-order valence-electron chi connectivity index (χ4n) is 2.39. The fourth-order valence-corrected chi connectivity index (χ4v) is 2.39. The normalized spacial score (nSPS) is 17.1. The van der Waals surface area contributed by atoms with E-state index in [1.165, 1.54) is 38.2 Å². The standard InChI is InChI=1S/C14H26N4/c1(2-11-18-12-9-16-10-13-18)6-15-8-5-14-4-3-7-17-14/h3-4,7,15-17H,1-2,5-6,8-13H2. The molecule has 1 aliphatic rings. The van der Waals surface area contributed by atoms with Gasteiger partial charge in [-0.3, -0.25) is 0 Å². The maximum Gasteiger partial charge on any atom is 0.0159 e. The lowest BCUT2D eigenvalue weighted by molar-refractivity contribution is 0.236. The predicted octanol–water partition coefficient (Wildman–Crippen LogP) is 0.832. The van der Waals surface area contributed by atoms with Crippen LogP contribution in [0.15, 0.2) is 18.3 Å². The van der Waals surface area contributed by atoms with E-state index in [0.717, 1.165) is 32.6 Å². The lowest BCUT2D eigenvalue weighted by Gasteiger charge is -2.27. The Hall–Kier alpha value is -0.840. The van der Waals surface area contributed by atoms with Gasteiger partial charge >= 0.3 is 0 Å². The average Bonchev–Trinajstić information content (AvgIpc) is 2.92. The van der Waals surface area contributed by atoms with Crippen LogP contribution >= 0.6 is 0 Å². The molecular weight excluding hydrogens is 224 g/mol. The molecule has 2 rings (SSSR count). The molecule has 0 spiro atoms. The van der Waals surface area contributed by atoms with E-state index in [1.807, 2.05) is 6.20 Å². The van der Waals surface area contributed by atoms with Gasteiger partial charge in [0.1, 0.15) is 0 Å². The van der Waals surface area contributed by atoms with Gasteiger partial charge < -0.3 is 20.5 Å². The number of H-pyrrole nitrogens is 1. The third-order valence-electron chi connectivity index (χ3n) is 3.52. The van der Waals surface area contributed by atoms with Crippen LogP contribution in [0.3, 0.4) is 0 Å². The molecule has 0 atom stereocenters. The smallest absolute Gasteiger partial charge is 0.0159 e. The molecule has 4 heteroatoms. The number of nitrogens with zero attached hydrogens (tertiary/aromatic N) is 1. The van der Waals surface area contributed by atoms with Crippen molar-refractivity contribution in [3.05, 3.63) is 24.0 Å². The first-order valence-electron chi connectivity index (χ1n) is 7.21.